The first kappa shape index (κ1) is 11.3. The number of anilines is 1. The molecule has 1 N–H and O–H groups in total. The fraction of sp³-hybridized carbons (Fsp3) is 0.417. The van der Waals surface area contributed by atoms with Crippen molar-refractivity contribution in [2.75, 3.05) is 12.4 Å². The van der Waals surface area contributed by atoms with Crippen molar-refractivity contribution >= 4 is 23.3 Å². The van der Waals surface area contributed by atoms with Gasteiger partial charge in [0.1, 0.15) is 0 Å². The van der Waals surface area contributed by atoms with E-state index in [1.807, 2.05) is 12.1 Å². The first-order valence-corrected chi connectivity index (χ1v) is 5.69. The highest BCUT2D eigenvalue weighted by molar-refractivity contribution is 6.33. The fourth-order valence-electron chi connectivity index (χ4n) is 1.98. The minimum atomic E-state index is -0.187. The zero-order valence-corrected chi connectivity index (χ0v) is 9.88. The second kappa shape index (κ2) is 4.74. The molecular weight excluding hydrogens is 226 g/mol. The van der Waals surface area contributed by atoms with Gasteiger partial charge in [-0.2, -0.15) is 0 Å². The smallest absolute Gasteiger partial charge is 0.307 e. The predicted molar refractivity (Wildman–Crippen MR) is 63.8 cm³/mol. The average molecular weight is 240 g/mol. The van der Waals surface area contributed by atoms with E-state index < -0.39 is 0 Å². The summed E-state index contributed by atoms with van der Waals surface area (Å²) in [5, 5.41) is 4.01. The Bertz CT molecular complexity index is 406. The van der Waals surface area contributed by atoms with Crippen molar-refractivity contribution in [2.24, 2.45) is 0 Å². The number of esters is 1. The molecule has 0 saturated heterocycles. The van der Waals surface area contributed by atoms with Crippen LogP contribution in [0.25, 0.3) is 0 Å². The second-order valence-electron chi connectivity index (χ2n) is 3.93. The van der Waals surface area contributed by atoms with Crippen molar-refractivity contribution in [3.63, 3.8) is 0 Å². The summed E-state index contributed by atoms with van der Waals surface area (Å²) in [6, 6.07) is 5.99. The fourth-order valence-corrected chi connectivity index (χ4v) is 2.23. The molecule has 0 aromatic heterocycles. The van der Waals surface area contributed by atoms with E-state index >= 15 is 0 Å². The highest BCUT2D eigenvalue weighted by atomic mass is 35.5. The number of aryl methyl sites for hydroxylation is 1. The maximum absolute atomic E-state index is 11.2. The third kappa shape index (κ3) is 2.30. The van der Waals surface area contributed by atoms with Gasteiger partial charge in [0.25, 0.3) is 0 Å². The van der Waals surface area contributed by atoms with Crippen LogP contribution < -0.4 is 5.32 Å². The molecule has 0 saturated carbocycles. The lowest BCUT2D eigenvalue weighted by Crippen LogP contribution is -2.28. The molecule has 1 aromatic carbocycles. The molecule has 0 bridgehead atoms. The van der Waals surface area contributed by atoms with E-state index in [1.54, 1.807) is 0 Å². The molecule has 1 aliphatic rings. The number of ether oxygens (including phenoxy) is 1. The third-order valence-corrected chi connectivity index (χ3v) is 3.17. The molecule has 1 aliphatic heterocycles. The Hall–Kier alpha value is -1.22. The monoisotopic (exact) mass is 239 g/mol. The Kier molecular flexibility index (Phi) is 3.34. The van der Waals surface area contributed by atoms with Crippen LogP contribution in [0.1, 0.15) is 18.4 Å². The van der Waals surface area contributed by atoms with Crippen LogP contribution in [0.5, 0.6) is 0 Å². The molecular formula is C12H14ClNO2. The van der Waals surface area contributed by atoms with Crippen LogP contribution in [0.2, 0.25) is 5.02 Å². The molecule has 1 aromatic rings. The van der Waals surface area contributed by atoms with Crippen LogP contribution in [-0.2, 0) is 16.0 Å². The van der Waals surface area contributed by atoms with Gasteiger partial charge in [-0.3, -0.25) is 4.79 Å². The van der Waals surface area contributed by atoms with Gasteiger partial charge in [-0.15, -0.1) is 0 Å². The number of rotatable bonds is 2. The molecule has 0 fully saturated rings. The van der Waals surface area contributed by atoms with Crippen LogP contribution in [-0.4, -0.2) is 19.1 Å². The summed E-state index contributed by atoms with van der Waals surface area (Å²) in [7, 11) is 1.41. The van der Waals surface area contributed by atoms with Gasteiger partial charge in [0, 0.05) is 6.04 Å². The summed E-state index contributed by atoms with van der Waals surface area (Å²) in [4.78, 5) is 11.2. The van der Waals surface area contributed by atoms with Crippen LogP contribution in [0.3, 0.4) is 0 Å². The van der Waals surface area contributed by atoms with Gasteiger partial charge in [0.15, 0.2) is 0 Å². The number of fused-ring (bicyclic) bond motifs is 1. The molecule has 0 aliphatic carbocycles. The summed E-state index contributed by atoms with van der Waals surface area (Å²) in [6.07, 6.45) is 2.27. The molecule has 0 radical (unpaired) electrons. The van der Waals surface area contributed by atoms with E-state index in [2.05, 4.69) is 16.1 Å². The Labute approximate surface area is 99.7 Å². The normalized spacial score (nSPS) is 18.5. The van der Waals surface area contributed by atoms with Gasteiger partial charge in [-0.05, 0) is 24.5 Å². The number of benzene rings is 1. The molecule has 86 valence electrons. The number of methoxy groups -OCH3 is 1. The van der Waals surface area contributed by atoms with E-state index in [0.717, 1.165) is 18.5 Å². The number of hydrogen-bond acceptors (Lipinski definition) is 3. The van der Waals surface area contributed by atoms with Crippen LogP contribution in [0.15, 0.2) is 18.2 Å². The van der Waals surface area contributed by atoms with E-state index in [-0.39, 0.29) is 12.0 Å². The van der Waals surface area contributed by atoms with Crippen LogP contribution in [0, 0.1) is 0 Å². The minimum absolute atomic E-state index is 0.125. The number of hydrogen-bond donors (Lipinski definition) is 1. The maximum atomic E-state index is 11.2. The maximum Gasteiger partial charge on any atom is 0.307 e. The largest absolute Gasteiger partial charge is 0.469 e. The zero-order chi connectivity index (χ0) is 11.5. The standard InChI is InChI=1S/C12H14ClNO2/c1-16-11(15)7-9-6-5-8-3-2-4-10(13)12(8)14-9/h2-4,9,14H,5-7H2,1H3. The molecule has 0 spiro atoms. The Morgan fingerprint density at radius 1 is 1.62 bits per heavy atom. The van der Waals surface area contributed by atoms with E-state index in [4.69, 9.17) is 11.6 Å². The third-order valence-electron chi connectivity index (χ3n) is 2.85. The summed E-state index contributed by atoms with van der Waals surface area (Å²) >= 11 is 6.10. The van der Waals surface area contributed by atoms with E-state index in [0.29, 0.717) is 11.4 Å². The van der Waals surface area contributed by atoms with Gasteiger partial charge >= 0.3 is 5.97 Å². The number of halogens is 1. The first-order chi connectivity index (χ1) is 7.70. The molecule has 1 atom stereocenters. The highest BCUT2D eigenvalue weighted by Crippen LogP contribution is 2.32. The van der Waals surface area contributed by atoms with E-state index in [1.165, 1.54) is 12.7 Å². The lowest BCUT2D eigenvalue weighted by Gasteiger charge is -2.27. The molecule has 2 rings (SSSR count). The number of nitrogens with one attached hydrogen (secondary N) is 1. The van der Waals surface area contributed by atoms with Crippen LogP contribution in [0.4, 0.5) is 5.69 Å². The van der Waals surface area contributed by atoms with Crippen molar-refractivity contribution < 1.29 is 9.53 Å². The molecule has 1 unspecified atom stereocenters. The van der Waals surface area contributed by atoms with Gasteiger partial charge in [-0.25, -0.2) is 0 Å². The topological polar surface area (TPSA) is 38.3 Å². The summed E-state index contributed by atoms with van der Waals surface area (Å²) in [6.45, 7) is 0. The molecule has 4 heteroatoms. The van der Waals surface area contributed by atoms with Gasteiger partial charge in [-0.1, -0.05) is 23.7 Å². The lowest BCUT2D eigenvalue weighted by atomic mass is 9.96. The lowest BCUT2D eigenvalue weighted by molar-refractivity contribution is -0.140. The molecule has 0 amide bonds. The van der Waals surface area contributed by atoms with Gasteiger partial charge in [0.2, 0.25) is 0 Å². The highest BCUT2D eigenvalue weighted by Gasteiger charge is 2.21. The van der Waals surface area contributed by atoms with Crippen molar-refractivity contribution in [3.8, 4) is 0 Å². The van der Waals surface area contributed by atoms with E-state index in [9.17, 15) is 4.79 Å². The number of para-hydroxylation sites is 1. The zero-order valence-electron chi connectivity index (χ0n) is 9.13. The summed E-state index contributed by atoms with van der Waals surface area (Å²) in [5.74, 6) is -0.187. The van der Waals surface area contributed by atoms with Crippen molar-refractivity contribution in [2.45, 2.75) is 25.3 Å². The van der Waals surface area contributed by atoms with Crippen molar-refractivity contribution in [3.05, 3.63) is 28.8 Å². The predicted octanol–water partition coefficient (Wildman–Crippen LogP) is 2.63. The number of carbonyl (C=O) groups excluding carboxylic acids is 1. The number of carbonyl (C=O) groups is 1. The minimum Gasteiger partial charge on any atom is -0.469 e. The van der Waals surface area contributed by atoms with Crippen molar-refractivity contribution in [1.29, 1.82) is 0 Å². The average Bonchev–Trinajstić information content (AvgIpc) is 2.30. The molecule has 16 heavy (non-hydrogen) atoms. The Morgan fingerprint density at radius 3 is 3.19 bits per heavy atom. The Balaban J connectivity index is 2.11. The second-order valence-corrected chi connectivity index (χ2v) is 4.34. The SMILES string of the molecule is COC(=O)CC1CCc2cccc(Cl)c2N1. The van der Waals surface area contributed by atoms with Crippen LogP contribution >= 0.6 is 11.6 Å². The summed E-state index contributed by atoms with van der Waals surface area (Å²) in [5.41, 5.74) is 2.18. The Morgan fingerprint density at radius 2 is 2.44 bits per heavy atom. The van der Waals surface area contributed by atoms with Gasteiger partial charge in [0.05, 0.1) is 24.2 Å². The van der Waals surface area contributed by atoms with Crippen molar-refractivity contribution in [1.82, 2.24) is 0 Å². The molecule has 3 nitrogen and oxygen atoms in total. The quantitative estimate of drug-likeness (QED) is 0.807. The van der Waals surface area contributed by atoms with Gasteiger partial charge < -0.3 is 10.1 Å². The molecule has 1 heterocycles. The summed E-state index contributed by atoms with van der Waals surface area (Å²) < 4.78 is 4.66. The first-order valence-electron chi connectivity index (χ1n) is 5.31.